The lowest BCUT2D eigenvalue weighted by molar-refractivity contribution is 0.0594. The maximum Gasteiger partial charge on any atom is 0.356 e. The maximum atomic E-state index is 12.4. The molecule has 0 unspecified atom stereocenters. The Balaban J connectivity index is 1.52. The third kappa shape index (κ3) is 4.00. The van der Waals surface area contributed by atoms with E-state index in [4.69, 9.17) is 0 Å². The van der Waals surface area contributed by atoms with Gasteiger partial charge < -0.3 is 10.1 Å². The molecule has 0 fully saturated rings. The van der Waals surface area contributed by atoms with E-state index in [9.17, 15) is 9.59 Å². The minimum Gasteiger partial charge on any atom is -0.464 e. The van der Waals surface area contributed by atoms with Gasteiger partial charge in [0.05, 0.1) is 17.3 Å². The number of methoxy groups -OCH3 is 1. The highest BCUT2D eigenvalue weighted by Gasteiger charge is 2.13. The van der Waals surface area contributed by atoms with Crippen LogP contribution < -0.4 is 5.32 Å². The Bertz CT molecular complexity index is 1220. The molecule has 144 valence electrons. The van der Waals surface area contributed by atoms with Crippen LogP contribution in [0, 0.1) is 6.92 Å². The van der Waals surface area contributed by atoms with Gasteiger partial charge in [0.25, 0.3) is 5.91 Å². The van der Waals surface area contributed by atoms with E-state index in [2.05, 4.69) is 33.0 Å². The highest BCUT2D eigenvalue weighted by Crippen LogP contribution is 2.31. The number of amides is 1. The van der Waals surface area contributed by atoms with Crippen molar-refractivity contribution in [1.82, 2.24) is 9.97 Å². The van der Waals surface area contributed by atoms with Crippen molar-refractivity contribution in [1.29, 1.82) is 0 Å². The van der Waals surface area contributed by atoms with Crippen molar-refractivity contribution < 1.29 is 14.3 Å². The largest absolute Gasteiger partial charge is 0.464 e. The molecule has 4 rings (SSSR count). The lowest BCUT2D eigenvalue weighted by Crippen LogP contribution is -2.15. The summed E-state index contributed by atoms with van der Waals surface area (Å²) < 4.78 is 5.78. The van der Waals surface area contributed by atoms with Crippen molar-refractivity contribution in [3.63, 3.8) is 0 Å². The summed E-state index contributed by atoms with van der Waals surface area (Å²) in [6.07, 6.45) is 0. The van der Waals surface area contributed by atoms with Gasteiger partial charge in [-0.25, -0.2) is 14.8 Å². The molecule has 4 aromatic rings. The van der Waals surface area contributed by atoms with Crippen molar-refractivity contribution in [2.75, 3.05) is 12.4 Å². The normalized spacial score (nSPS) is 10.7. The van der Waals surface area contributed by atoms with Crippen LogP contribution in [0.3, 0.4) is 0 Å². The van der Waals surface area contributed by atoms with Crippen LogP contribution in [0.2, 0.25) is 0 Å². The first kappa shape index (κ1) is 18.8. The van der Waals surface area contributed by atoms with Gasteiger partial charge in [-0.2, -0.15) is 0 Å². The number of aromatic nitrogens is 2. The number of carbonyl (C=O) groups excluding carboxylic acids is 2. The van der Waals surface area contributed by atoms with Gasteiger partial charge in [-0.15, -0.1) is 11.3 Å². The summed E-state index contributed by atoms with van der Waals surface area (Å²) in [5.41, 5.74) is 4.01. The number of benzene rings is 2. The summed E-state index contributed by atoms with van der Waals surface area (Å²) in [4.78, 5) is 32.7. The smallest absolute Gasteiger partial charge is 0.356 e. The Morgan fingerprint density at radius 1 is 0.966 bits per heavy atom. The predicted molar refractivity (Wildman–Crippen MR) is 113 cm³/mol. The number of carbonyl (C=O) groups is 2. The number of fused-ring (bicyclic) bond motifs is 1. The average molecular weight is 403 g/mol. The summed E-state index contributed by atoms with van der Waals surface area (Å²) in [6.45, 7) is 2.06. The second-order valence-electron chi connectivity index (χ2n) is 6.42. The summed E-state index contributed by atoms with van der Waals surface area (Å²) >= 11 is 1.64. The van der Waals surface area contributed by atoms with Crippen molar-refractivity contribution in [2.24, 2.45) is 0 Å². The molecule has 0 aliphatic heterocycles. The van der Waals surface area contributed by atoms with Gasteiger partial charge in [0.2, 0.25) is 0 Å². The van der Waals surface area contributed by atoms with Crippen molar-refractivity contribution >= 4 is 39.1 Å². The molecule has 0 saturated carbocycles. The Labute approximate surface area is 171 Å². The van der Waals surface area contributed by atoms with Crippen LogP contribution in [0.25, 0.3) is 20.8 Å². The minimum atomic E-state index is -0.588. The van der Waals surface area contributed by atoms with Crippen LogP contribution in [0.5, 0.6) is 0 Å². The zero-order valence-corrected chi connectivity index (χ0v) is 16.6. The maximum absolute atomic E-state index is 12.4. The fourth-order valence-corrected chi connectivity index (χ4v) is 3.90. The standard InChI is InChI=1S/C22H17N3O3S/c1-13-6-11-16-19(12-13)29-21(25-16)14-7-9-15(10-8-14)23-20(26)17-4-3-5-18(24-17)22(27)28-2/h3-12H,1-2H3,(H,23,26). The molecular formula is C22H17N3O3S. The molecule has 0 saturated heterocycles. The highest BCUT2D eigenvalue weighted by molar-refractivity contribution is 7.21. The number of pyridine rings is 1. The molecule has 1 N–H and O–H groups in total. The molecule has 0 aliphatic carbocycles. The zero-order valence-electron chi connectivity index (χ0n) is 15.8. The Kier molecular flexibility index (Phi) is 5.05. The molecule has 0 atom stereocenters. The van der Waals surface area contributed by atoms with Gasteiger partial charge in [-0.3, -0.25) is 4.79 Å². The Morgan fingerprint density at radius 2 is 1.72 bits per heavy atom. The molecule has 0 radical (unpaired) electrons. The van der Waals surface area contributed by atoms with Crippen molar-refractivity contribution in [3.8, 4) is 10.6 Å². The zero-order chi connectivity index (χ0) is 20.4. The van der Waals surface area contributed by atoms with E-state index in [0.29, 0.717) is 5.69 Å². The fraction of sp³-hybridized carbons (Fsp3) is 0.0909. The van der Waals surface area contributed by atoms with E-state index in [1.54, 1.807) is 23.5 Å². The second kappa shape index (κ2) is 7.81. The van der Waals surface area contributed by atoms with Crippen LogP contribution in [-0.4, -0.2) is 29.0 Å². The first-order valence-electron chi connectivity index (χ1n) is 8.88. The first-order valence-corrected chi connectivity index (χ1v) is 9.69. The number of anilines is 1. The molecule has 7 heteroatoms. The number of nitrogens with zero attached hydrogens (tertiary/aromatic N) is 2. The van der Waals surface area contributed by atoms with Crippen molar-refractivity contribution in [3.05, 3.63) is 77.6 Å². The van der Waals surface area contributed by atoms with Gasteiger partial charge in [-0.05, 0) is 61.0 Å². The molecule has 29 heavy (non-hydrogen) atoms. The van der Waals surface area contributed by atoms with Crippen LogP contribution >= 0.6 is 11.3 Å². The number of ether oxygens (including phenoxy) is 1. The first-order chi connectivity index (χ1) is 14.0. The highest BCUT2D eigenvalue weighted by atomic mass is 32.1. The summed E-state index contributed by atoms with van der Waals surface area (Å²) in [6, 6.07) is 18.3. The number of aryl methyl sites for hydroxylation is 1. The predicted octanol–water partition coefficient (Wildman–Crippen LogP) is 4.71. The third-order valence-corrected chi connectivity index (χ3v) is 5.38. The number of hydrogen-bond acceptors (Lipinski definition) is 6. The van der Waals surface area contributed by atoms with Gasteiger partial charge in [-0.1, -0.05) is 12.1 Å². The summed E-state index contributed by atoms with van der Waals surface area (Å²) in [5, 5.41) is 3.71. The Morgan fingerprint density at radius 3 is 2.48 bits per heavy atom. The number of thiazole rings is 1. The van der Waals surface area contributed by atoms with Crippen LogP contribution in [-0.2, 0) is 4.74 Å². The average Bonchev–Trinajstić information content (AvgIpc) is 3.17. The molecule has 6 nitrogen and oxygen atoms in total. The van der Waals surface area contributed by atoms with E-state index in [0.717, 1.165) is 20.8 Å². The monoisotopic (exact) mass is 403 g/mol. The van der Waals surface area contributed by atoms with Crippen LogP contribution in [0.4, 0.5) is 5.69 Å². The van der Waals surface area contributed by atoms with Gasteiger partial charge in [0.1, 0.15) is 16.4 Å². The molecule has 2 aromatic carbocycles. The molecule has 0 aliphatic rings. The molecule has 1 amide bonds. The molecular weight excluding hydrogens is 386 g/mol. The topological polar surface area (TPSA) is 81.2 Å². The Hall–Kier alpha value is -3.58. The SMILES string of the molecule is COC(=O)c1cccc(C(=O)Nc2ccc(-c3nc4ccc(C)cc4s3)cc2)n1. The molecule has 0 spiro atoms. The fourth-order valence-electron chi connectivity index (χ4n) is 2.83. The quantitative estimate of drug-likeness (QED) is 0.499. The number of hydrogen-bond donors (Lipinski definition) is 1. The summed E-state index contributed by atoms with van der Waals surface area (Å²) in [7, 11) is 1.27. The van der Waals surface area contributed by atoms with E-state index >= 15 is 0 Å². The minimum absolute atomic E-state index is 0.0848. The van der Waals surface area contributed by atoms with Crippen molar-refractivity contribution in [2.45, 2.75) is 6.92 Å². The molecule has 2 heterocycles. The van der Waals surface area contributed by atoms with E-state index < -0.39 is 11.9 Å². The second-order valence-corrected chi connectivity index (χ2v) is 7.45. The molecule has 2 aromatic heterocycles. The van der Waals surface area contributed by atoms with E-state index in [1.807, 2.05) is 36.4 Å². The van der Waals surface area contributed by atoms with E-state index in [1.165, 1.54) is 18.7 Å². The summed E-state index contributed by atoms with van der Waals surface area (Å²) in [5.74, 6) is -0.992. The molecule has 0 bridgehead atoms. The third-order valence-electron chi connectivity index (χ3n) is 4.31. The lowest BCUT2D eigenvalue weighted by Gasteiger charge is -2.06. The van der Waals surface area contributed by atoms with Gasteiger partial charge in [0, 0.05) is 11.3 Å². The van der Waals surface area contributed by atoms with Crippen LogP contribution in [0.1, 0.15) is 26.5 Å². The van der Waals surface area contributed by atoms with Crippen LogP contribution in [0.15, 0.2) is 60.7 Å². The number of rotatable bonds is 4. The van der Waals surface area contributed by atoms with E-state index in [-0.39, 0.29) is 11.4 Å². The van der Waals surface area contributed by atoms with Gasteiger partial charge >= 0.3 is 5.97 Å². The number of nitrogens with one attached hydrogen (secondary N) is 1. The van der Waals surface area contributed by atoms with Gasteiger partial charge in [0.15, 0.2) is 0 Å². The lowest BCUT2D eigenvalue weighted by atomic mass is 10.2. The number of esters is 1.